The standard InChI is InChI=1S/C27H30F2N6O2/c1-33(2)24-15-34(32-31-24)16-25(36)35-14-20(28)13-23(35)27(37)30-26(18-6-4-3-5-7-18)19-10-11-21(17-8-9-17)22(29)12-19/h3-7,10-12,15,17,20,23,26H,8-9,13-14,16H2,1-2H3,(H,30,37). The number of anilines is 1. The molecule has 1 aliphatic carbocycles. The molecule has 3 aromatic rings. The van der Waals surface area contributed by atoms with Gasteiger partial charge in [-0.1, -0.05) is 47.7 Å². The van der Waals surface area contributed by atoms with Gasteiger partial charge in [-0.05, 0) is 41.5 Å². The van der Waals surface area contributed by atoms with Gasteiger partial charge in [-0.15, -0.1) is 5.10 Å². The van der Waals surface area contributed by atoms with Crippen LogP contribution < -0.4 is 10.2 Å². The van der Waals surface area contributed by atoms with Gasteiger partial charge in [0, 0.05) is 20.5 Å². The van der Waals surface area contributed by atoms with Crippen molar-refractivity contribution in [3.8, 4) is 0 Å². The van der Waals surface area contributed by atoms with Gasteiger partial charge in [0.05, 0.1) is 18.8 Å². The molecule has 2 aliphatic rings. The summed E-state index contributed by atoms with van der Waals surface area (Å²) in [6.07, 6.45) is 2.15. The third kappa shape index (κ3) is 5.47. The highest BCUT2D eigenvalue weighted by atomic mass is 19.1. The molecule has 5 rings (SSSR count). The fourth-order valence-corrected chi connectivity index (χ4v) is 4.80. The average molecular weight is 509 g/mol. The highest BCUT2D eigenvalue weighted by Crippen LogP contribution is 2.42. The lowest BCUT2D eigenvalue weighted by Gasteiger charge is -2.27. The van der Waals surface area contributed by atoms with Crippen LogP contribution >= 0.6 is 0 Å². The number of nitrogens with one attached hydrogen (secondary N) is 1. The molecular weight excluding hydrogens is 478 g/mol. The van der Waals surface area contributed by atoms with E-state index in [1.165, 1.54) is 15.6 Å². The highest BCUT2D eigenvalue weighted by molar-refractivity contribution is 5.89. The molecule has 8 nitrogen and oxygen atoms in total. The predicted octanol–water partition coefficient (Wildman–Crippen LogP) is 3.21. The number of carbonyl (C=O) groups excluding carboxylic acids is 2. The normalized spacial score (nSPS) is 20.1. The van der Waals surface area contributed by atoms with Gasteiger partial charge in [-0.3, -0.25) is 9.59 Å². The molecule has 0 spiro atoms. The van der Waals surface area contributed by atoms with Crippen molar-refractivity contribution in [3.05, 3.63) is 77.2 Å². The number of carbonyl (C=O) groups is 2. The Morgan fingerprint density at radius 3 is 2.54 bits per heavy atom. The SMILES string of the molecule is CN(C)c1cn(CC(=O)N2CC(F)CC2C(=O)NC(c2ccccc2)c2ccc(C3CC3)c(F)c2)nn1. The molecule has 1 aliphatic heterocycles. The van der Waals surface area contributed by atoms with Gasteiger partial charge in [-0.25, -0.2) is 13.5 Å². The van der Waals surface area contributed by atoms with Crippen LogP contribution in [0.3, 0.4) is 0 Å². The lowest BCUT2D eigenvalue weighted by Crippen LogP contribution is -2.48. The Balaban J connectivity index is 1.36. The van der Waals surface area contributed by atoms with E-state index in [9.17, 15) is 18.4 Å². The molecule has 1 saturated heterocycles. The number of hydrogen-bond donors (Lipinski definition) is 1. The third-order valence-corrected chi connectivity index (χ3v) is 6.95. The number of halogens is 2. The van der Waals surface area contributed by atoms with E-state index in [1.807, 2.05) is 36.4 Å². The van der Waals surface area contributed by atoms with Crippen LogP contribution in [0.1, 0.15) is 47.9 Å². The largest absolute Gasteiger partial charge is 0.360 e. The number of alkyl halides is 1. The molecule has 0 bridgehead atoms. The fraction of sp³-hybridized carbons (Fsp3) is 0.407. The number of likely N-dealkylation sites (tertiary alicyclic amines) is 1. The summed E-state index contributed by atoms with van der Waals surface area (Å²) in [5, 5.41) is 10.9. The van der Waals surface area contributed by atoms with E-state index in [2.05, 4.69) is 15.6 Å². The molecule has 1 saturated carbocycles. The third-order valence-electron chi connectivity index (χ3n) is 6.95. The molecule has 2 aromatic carbocycles. The maximum atomic E-state index is 14.9. The van der Waals surface area contributed by atoms with E-state index in [1.54, 1.807) is 31.3 Å². The van der Waals surface area contributed by atoms with E-state index in [0.717, 1.165) is 18.4 Å². The summed E-state index contributed by atoms with van der Waals surface area (Å²) in [6, 6.07) is 12.7. The molecule has 10 heteroatoms. The molecule has 1 aromatic heterocycles. The van der Waals surface area contributed by atoms with Gasteiger partial charge in [0.25, 0.3) is 0 Å². The summed E-state index contributed by atoms with van der Waals surface area (Å²) in [4.78, 5) is 29.5. The lowest BCUT2D eigenvalue weighted by atomic mass is 9.96. The minimum absolute atomic E-state index is 0.103. The predicted molar refractivity (Wildman–Crippen MR) is 134 cm³/mol. The lowest BCUT2D eigenvalue weighted by molar-refractivity contribution is -0.139. The zero-order valence-corrected chi connectivity index (χ0v) is 20.8. The molecule has 3 unspecified atom stereocenters. The fourth-order valence-electron chi connectivity index (χ4n) is 4.80. The molecule has 37 heavy (non-hydrogen) atoms. The molecule has 2 fully saturated rings. The van der Waals surface area contributed by atoms with E-state index in [0.29, 0.717) is 16.9 Å². The van der Waals surface area contributed by atoms with Crippen molar-refractivity contribution in [2.45, 2.75) is 50.0 Å². The number of rotatable bonds is 8. The second kappa shape index (κ2) is 10.3. The first-order chi connectivity index (χ1) is 17.8. The van der Waals surface area contributed by atoms with Gasteiger partial charge in [-0.2, -0.15) is 0 Å². The summed E-state index contributed by atoms with van der Waals surface area (Å²) in [6.45, 7) is -0.333. The van der Waals surface area contributed by atoms with Gasteiger partial charge in [0.15, 0.2) is 5.82 Å². The van der Waals surface area contributed by atoms with Crippen molar-refractivity contribution >= 4 is 17.6 Å². The van der Waals surface area contributed by atoms with Crippen LogP contribution in [0.15, 0.2) is 54.7 Å². The van der Waals surface area contributed by atoms with Crippen molar-refractivity contribution in [2.24, 2.45) is 0 Å². The van der Waals surface area contributed by atoms with E-state index in [4.69, 9.17) is 0 Å². The number of nitrogens with zero attached hydrogens (tertiary/aromatic N) is 5. The first-order valence-corrected chi connectivity index (χ1v) is 12.5. The molecule has 3 atom stereocenters. The van der Waals surface area contributed by atoms with Crippen LogP contribution in [0.25, 0.3) is 0 Å². The first kappa shape index (κ1) is 24.9. The second-order valence-corrected chi connectivity index (χ2v) is 9.97. The minimum Gasteiger partial charge on any atom is -0.360 e. The van der Waals surface area contributed by atoms with Gasteiger partial charge < -0.3 is 15.1 Å². The molecule has 2 heterocycles. The molecule has 0 radical (unpaired) electrons. The summed E-state index contributed by atoms with van der Waals surface area (Å²) < 4.78 is 30.8. The minimum atomic E-state index is -1.32. The van der Waals surface area contributed by atoms with Crippen LogP contribution in [-0.4, -0.2) is 64.6 Å². The van der Waals surface area contributed by atoms with Crippen molar-refractivity contribution < 1.29 is 18.4 Å². The zero-order chi connectivity index (χ0) is 26.1. The first-order valence-electron chi connectivity index (χ1n) is 12.5. The maximum Gasteiger partial charge on any atom is 0.245 e. The second-order valence-electron chi connectivity index (χ2n) is 9.97. The Morgan fingerprint density at radius 2 is 1.89 bits per heavy atom. The molecular formula is C27H30F2N6O2. The number of benzene rings is 2. The molecule has 1 N–H and O–H groups in total. The quantitative estimate of drug-likeness (QED) is 0.505. The number of hydrogen-bond acceptors (Lipinski definition) is 5. The number of aromatic nitrogens is 3. The molecule has 194 valence electrons. The van der Waals surface area contributed by atoms with Crippen LogP contribution in [0.5, 0.6) is 0 Å². The van der Waals surface area contributed by atoms with Crippen LogP contribution in [0.2, 0.25) is 0 Å². The Kier molecular flexibility index (Phi) is 6.90. The maximum absolute atomic E-state index is 14.9. The topological polar surface area (TPSA) is 83.4 Å². The molecule has 2 amide bonds. The Labute approximate surface area is 214 Å². The average Bonchev–Trinajstić information content (AvgIpc) is 3.47. The summed E-state index contributed by atoms with van der Waals surface area (Å²) in [7, 11) is 3.61. The Bertz CT molecular complexity index is 1280. The van der Waals surface area contributed by atoms with E-state index in [-0.39, 0.29) is 31.2 Å². The van der Waals surface area contributed by atoms with Gasteiger partial charge in [0.2, 0.25) is 11.8 Å². The summed E-state index contributed by atoms with van der Waals surface area (Å²) in [5.74, 6) is -0.357. The summed E-state index contributed by atoms with van der Waals surface area (Å²) in [5.41, 5.74) is 2.05. The van der Waals surface area contributed by atoms with Crippen LogP contribution in [0.4, 0.5) is 14.6 Å². The number of amides is 2. The van der Waals surface area contributed by atoms with E-state index >= 15 is 0 Å². The van der Waals surface area contributed by atoms with Crippen LogP contribution in [-0.2, 0) is 16.1 Å². The Morgan fingerprint density at radius 1 is 1.14 bits per heavy atom. The van der Waals surface area contributed by atoms with Crippen molar-refractivity contribution in [2.75, 3.05) is 25.5 Å². The van der Waals surface area contributed by atoms with Crippen molar-refractivity contribution in [3.63, 3.8) is 0 Å². The van der Waals surface area contributed by atoms with Gasteiger partial charge >= 0.3 is 0 Å². The highest BCUT2D eigenvalue weighted by Gasteiger charge is 2.40. The van der Waals surface area contributed by atoms with Crippen LogP contribution in [0, 0.1) is 5.82 Å². The monoisotopic (exact) mass is 508 g/mol. The summed E-state index contributed by atoms with van der Waals surface area (Å²) >= 11 is 0. The zero-order valence-electron chi connectivity index (χ0n) is 20.8. The Hall–Kier alpha value is -3.82. The van der Waals surface area contributed by atoms with Crippen molar-refractivity contribution in [1.82, 2.24) is 25.2 Å². The van der Waals surface area contributed by atoms with Gasteiger partial charge in [0.1, 0.15) is 24.6 Å². The smallest absolute Gasteiger partial charge is 0.245 e. The van der Waals surface area contributed by atoms with Crippen molar-refractivity contribution in [1.29, 1.82) is 0 Å². The van der Waals surface area contributed by atoms with E-state index < -0.39 is 30.1 Å².